The fraction of sp³-hybridized carbons (Fsp3) is 0.250. The highest BCUT2D eigenvalue weighted by Gasteiger charge is 2.34. The molecule has 8 heteroatoms. The Bertz CT molecular complexity index is 960. The standard InChI is InChI=1S/C20H17FN2O3S2/c21-14-6-4-12(5-7-14)10-17-19(25)23(20(26)28-17)9-8-22-18(24)16-11-13-2-1-3-15(13)27-16/h4-7,10-11H,1-3,8-9H2,(H,22,24). The molecule has 5 nitrogen and oxygen atoms in total. The van der Waals surface area contributed by atoms with Crippen molar-refractivity contribution >= 4 is 46.2 Å². The second-order valence-electron chi connectivity index (χ2n) is 6.55. The van der Waals surface area contributed by atoms with Crippen molar-refractivity contribution in [1.82, 2.24) is 10.2 Å². The van der Waals surface area contributed by atoms with Gasteiger partial charge in [-0.2, -0.15) is 0 Å². The molecule has 1 fully saturated rings. The Hall–Kier alpha value is -2.45. The Morgan fingerprint density at radius 1 is 1.21 bits per heavy atom. The highest BCUT2D eigenvalue weighted by Crippen LogP contribution is 2.32. The summed E-state index contributed by atoms with van der Waals surface area (Å²) < 4.78 is 13.0. The van der Waals surface area contributed by atoms with Crippen molar-refractivity contribution in [1.29, 1.82) is 0 Å². The van der Waals surface area contributed by atoms with Gasteiger partial charge in [-0.25, -0.2) is 4.39 Å². The molecule has 2 aliphatic rings. The van der Waals surface area contributed by atoms with E-state index in [2.05, 4.69) is 5.32 Å². The number of aryl methyl sites for hydroxylation is 2. The van der Waals surface area contributed by atoms with E-state index in [9.17, 15) is 18.8 Å². The summed E-state index contributed by atoms with van der Waals surface area (Å²) in [5.41, 5.74) is 1.90. The van der Waals surface area contributed by atoms with Crippen molar-refractivity contribution in [3.05, 3.63) is 61.9 Å². The maximum Gasteiger partial charge on any atom is 0.293 e. The number of carbonyl (C=O) groups excluding carboxylic acids is 3. The summed E-state index contributed by atoms with van der Waals surface area (Å²) >= 11 is 2.36. The average molecular weight is 416 g/mol. The number of thiophene rings is 1. The minimum absolute atomic E-state index is 0.113. The van der Waals surface area contributed by atoms with E-state index in [1.807, 2.05) is 6.07 Å². The van der Waals surface area contributed by atoms with Gasteiger partial charge in [-0.3, -0.25) is 19.3 Å². The number of halogens is 1. The molecule has 0 bridgehead atoms. The van der Waals surface area contributed by atoms with Crippen LogP contribution in [0.1, 0.15) is 32.1 Å². The van der Waals surface area contributed by atoms with Gasteiger partial charge >= 0.3 is 0 Å². The average Bonchev–Trinajstić information content (AvgIpc) is 3.33. The van der Waals surface area contributed by atoms with E-state index >= 15 is 0 Å². The molecule has 3 amide bonds. The van der Waals surface area contributed by atoms with Crippen LogP contribution in [0.4, 0.5) is 9.18 Å². The molecule has 1 aliphatic heterocycles. The first-order valence-corrected chi connectivity index (χ1v) is 10.6. The Kier molecular flexibility index (Phi) is 5.32. The van der Waals surface area contributed by atoms with E-state index in [1.54, 1.807) is 18.2 Å². The molecule has 144 valence electrons. The summed E-state index contributed by atoms with van der Waals surface area (Å²) in [5, 5.41) is 2.41. The molecule has 1 saturated heterocycles. The van der Waals surface area contributed by atoms with Crippen LogP contribution >= 0.6 is 23.1 Å². The third-order valence-corrected chi connectivity index (χ3v) is 6.78. The van der Waals surface area contributed by atoms with Gasteiger partial charge in [0.05, 0.1) is 9.78 Å². The van der Waals surface area contributed by atoms with E-state index in [-0.39, 0.29) is 35.0 Å². The third-order valence-electron chi connectivity index (χ3n) is 4.63. The predicted octanol–water partition coefficient (Wildman–Crippen LogP) is 3.84. The van der Waals surface area contributed by atoms with Gasteiger partial charge in [-0.05, 0) is 66.4 Å². The number of nitrogens with zero attached hydrogens (tertiary/aromatic N) is 1. The lowest BCUT2D eigenvalue weighted by atomic mass is 10.2. The zero-order valence-electron chi connectivity index (χ0n) is 14.9. The normalized spacial score (nSPS) is 17.5. The second-order valence-corrected chi connectivity index (χ2v) is 8.68. The Morgan fingerprint density at radius 2 is 2.00 bits per heavy atom. The zero-order chi connectivity index (χ0) is 19.7. The predicted molar refractivity (Wildman–Crippen MR) is 108 cm³/mol. The zero-order valence-corrected chi connectivity index (χ0v) is 16.5. The van der Waals surface area contributed by atoms with Gasteiger partial charge in [0, 0.05) is 18.0 Å². The molecule has 2 heterocycles. The van der Waals surface area contributed by atoms with Gasteiger partial charge < -0.3 is 5.32 Å². The highest BCUT2D eigenvalue weighted by molar-refractivity contribution is 8.18. The molecule has 4 rings (SSSR count). The molecule has 1 aromatic heterocycles. The molecular formula is C20H17FN2O3S2. The summed E-state index contributed by atoms with van der Waals surface area (Å²) in [6, 6.07) is 7.62. The van der Waals surface area contributed by atoms with Crippen LogP contribution in [-0.2, 0) is 17.6 Å². The molecule has 0 atom stereocenters. The third kappa shape index (κ3) is 3.88. The summed E-state index contributed by atoms with van der Waals surface area (Å²) in [6.07, 6.45) is 4.77. The van der Waals surface area contributed by atoms with Crippen LogP contribution in [0.15, 0.2) is 35.2 Å². The molecular weight excluding hydrogens is 399 g/mol. The number of nitrogens with one attached hydrogen (secondary N) is 1. The van der Waals surface area contributed by atoms with Crippen molar-refractivity contribution in [3.8, 4) is 0 Å². The molecule has 0 saturated carbocycles. The van der Waals surface area contributed by atoms with Gasteiger partial charge in [0.2, 0.25) is 0 Å². The van der Waals surface area contributed by atoms with Crippen LogP contribution in [0.2, 0.25) is 0 Å². The molecule has 1 N–H and O–H groups in total. The summed E-state index contributed by atoms with van der Waals surface area (Å²) in [7, 11) is 0. The number of hydrogen-bond acceptors (Lipinski definition) is 5. The molecule has 2 aromatic rings. The van der Waals surface area contributed by atoms with Crippen molar-refractivity contribution in [2.45, 2.75) is 19.3 Å². The topological polar surface area (TPSA) is 66.5 Å². The monoisotopic (exact) mass is 416 g/mol. The fourth-order valence-electron chi connectivity index (χ4n) is 3.21. The first kappa shape index (κ1) is 18.9. The number of carbonyl (C=O) groups is 3. The van der Waals surface area contributed by atoms with Gasteiger partial charge in [-0.15, -0.1) is 11.3 Å². The highest BCUT2D eigenvalue weighted by atomic mass is 32.2. The number of hydrogen-bond donors (Lipinski definition) is 1. The lowest BCUT2D eigenvalue weighted by molar-refractivity contribution is -0.122. The van der Waals surface area contributed by atoms with E-state index in [0.717, 1.165) is 35.9 Å². The van der Waals surface area contributed by atoms with Crippen molar-refractivity contribution in [2.24, 2.45) is 0 Å². The number of thioether (sulfide) groups is 1. The smallest absolute Gasteiger partial charge is 0.293 e. The van der Waals surface area contributed by atoms with Crippen molar-refractivity contribution < 1.29 is 18.8 Å². The van der Waals surface area contributed by atoms with Crippen LogP contribution in [0, 0.1) is 5.82 Å². The second kappa shape index (κ2) is 7.89. The number of imide groups is 1. The van der Waals surface area contributed by atoms with Crippen LogP contribution in [0.3, 0.4) is 0 Å². The molecule has 1 aliphatic carbocycles. The first-order valence-electron chi connectivity index (χ1n) is 8.92. The van der Waals surface area contributed by atoms with Crippen LogP contribution in [0.5, 0.6) is 0 Å². The number of benzene rings is 1. The number of fused-ring (bicyclic) bond motifs is 1. The van der Waals surface area contributed by atoms with Crippen LogP contribution < -0.4 is 5.32 Å². The lowest BCUT2D eigenvalue weighted by Gasteiger charge is -2.12. The summed E-state index contributed by atoms with van der Waals surface area (Å²) in [4.78, 5) is 40.2. The quantitative estimate of drug-likeness (QED) is 0.752. The van der Waals surface area contributed by atoms with E-state index in [0.29, 0.717) is 10.4 Å². The summed E-state index contributed by atoms with van der Waals surface area (Å²) in [5.74, 6) is -0.936. The SMILES string of the molecule is O=C(NCCN1C(=O)SC(=Cc2ccc(F)cc2)C1=O)c1cc2c(s1)CCC2. The van der Waals surface area contributed by atoms with E-state index < -0.39 is 5.91 Å². The molecule has 1 aromatic carbocycles. The Labute approximate surface area is 169 Å². The molecule has 0 radical (unpaired) electrons. The van der Waals surface area contributed by atoms with E-state index in [4.69, 9.17) is 0 Å². The maximum atomic E-state index is 13.0. The largest absolute Gasteiger partial charge is 0.350 e. The van der Waals surface area contributed by atoms with Crippen LogP contribution in [-0.4, -0.2) is 35.0 Å². The number of amides is 3. The molecule has 28 heavy (non-hydrogen) atoms. The minimum Gasteiger partial charge on any atom is -0.350 e. The Morgan fingerprint density at radius 3 is 2.75 bits per heavy atom. The van der Waals surface area contributed by atoms with Gasteiger partial charge in [-0.1, -0.05) is 12.1 Å². The van der Waals surface area contributed by atoms with Crippen molar-refractivity contribution in [2.75, 3.05) is 13.1 Å². The maximum absolute atomic E-state index is 13.0. The van der Waals surface area contributed by atoms with Gasteiger partial charge in [0.1, 0.15) is 5.82 Å². The fourth-order valence-corrected chi connectivity index (χ4v) is 5.25. The summed E-state index contributed by atoms with van der Waals surface area (Å²) in [6.45, 7) is 0.311. The minimum atomic E-state index is -0.399. The van der Waals surface area contributed by atoms with Crippen molar-refractivity contribution in [3.63, 3.8) is 0 Å². The van der Waals surface area contributed by atoms with Gasteiger partial charge in [0.25, 0.3) is 17.1 Å². The first-order chi connectivity index (χ1) is 13.5. The lowest BCUT2D eigenvalue weighted by Crippen LogP contribution is -2.37. The Balaban J connectivity index is 1.34. The molecule has 0 unspecified atom stereocenters. The van der Waals surface area contributed by atoms with Crippen LogP contribution in [0.25, 0.3) is 6.08 Å². The van der Waals surface area contributed by atoms with Gasteiger partial charge in [0.15, 0.2) is 0 Å². The molecule has 0 spiro atoms. The number of rotatable bonds is 5. The van der Waals surface area contributed by atoms with E-state index in [1.165, 1.54) is 33.9 Å².